The molecule has 0 saturated carbocycles. The monoisotopic (exact) mass is 313 g/mol. The highest BCUT2D eigenvalue weighted by molar-refractivity contribution is 7.18. The maximum absolute atomic E-state index is 12.1. The third kappa shape index (κ3) is 3.60. The number of rotatable bonds is 3. The number of anilines is 1. The van der Waals surface area contributed by atoms with Gasteiger partial charge in [0.2, 0.25) is 5.91 Å². The van der Waals surface area contributed by atoms with E-state index >= 15 is 0 Å². The zero-order chi connectivity index (χ0) is 16.4. The number of nitrogens with one attached hydrogen (secondary N) is 1. The van der Waals surface area contributed by atoms with Crippen molar-refractivity contribution in [1.82, 2.24) is 0 Å². The van der Waals surface area contributed by atoms with Crippen LogP contribution in [0.4, 0.5) is 5.00 Å². The van der Waals surface area contributed by atoms with E-state index in [-0.39, 0.29) is 16.3 Å². The van der Waals surface area contributed by atoms with Crippen molar-refractivity contribution in [3.63, 3.8) is 0 Å². The molecule has 0 aliphatic carbocycles. The molecule has 1 heterocycles. The Morgan fingerprint density at radius 3 is 2.00 bits per heavy atom. The highest BCUT2D eigenvalue weighted by Crippen LogP contribution is 2.35. The second kappa shape index (κ2) is 6.26. The molecule has 0 aromatic carbocycles. The molecule has 0 bridgehead atoms. The Kier molecular flexibility index (Phi) is 5.11. The summed E-state index contributed by atoms with van der Waals surface area (Å²) in [6, 6.07) is 0. The van der Waals surface area contributed by atoms with Gasteiger partial charge in [0.25, 0.3) is 0 Å². The minimum absolute atomic E-state index is 0.181. The minimum atomic E-state index is -0.628. The summed E-state index contributed by atoms with van der Waals surface area (Å²) in [4.78, 5) is 36.0. The van der Waals surface area contributed by atoms with E-state index in [1.54, 1.807) is 27.7 Å². The van der Waals surface area contributed by atoms with Crippen LogP contribution in [0.1, 0.15) is 46.4 Å². The van der Waals surface area contributed by atoms with Gasteiger partial charge in [-0.15, -0.1) is 11.3 Å². The number of amides is 1. The number of hydrogen-bond donors (Lipinski definition) is 1. The summed E-state index contributed by atoms with van der Waals surface area (Å²) in [5.74, 6) is -1.42. The van der Waals surface area contributed by atoms with E-state index in [4.69, 9.17) is 4.74 Å². The van der Waals surface area contributed by atoms with Crippen LogP contribution in [0.3, 0.4) is 0 Å². The lowest BCUT2D eigenvalue weighted by Gasteiger charge is -2.17. The maximum Gasteiger partial charge on any atom is 0.348 e. The van der Waals surface area contributed by atoms with E-state index in [2.05, 4.69) is 10.1 Å². The molecule has 1 aromatic heterocycles. The summed E-state index contributed by atoms with van der Waals surface area (Å²) < 4.78 is 9.39. The smallest absolute Gasteiger partial charge is 0.348 e. The molecule has 0 aliphatic rings. The molecule has 0 radical (unpaired) electrons. The van der Waals surface area contributed by atoms with E-state index in [0.717, 1.165) is 11.3 Å². The van der Waals surface area contributed by atoms with Gasteiger partial charge in [-0.05, 0) is 12.5 Å². The average Bonchev–Trinajstić information content (AvgIpc) is 2.72. The molecule has 7 heteroatoms. The van der Waals surface area contributed by atoms with Crippen molar-refractivity contribution >= 4 is 34.2 Å². The quantitative estimate of drug-likeness (QED) is 0.867. The van der Waals surface area contributed by atoms with Crippen LogP contribution >= 0.6 is 11.3 Å². The fourth-order valence-electron chi connectivity index (χ4n) is 1.53. The lowest BCUT2D eigenvalue weighted by atomic mass is 9.96. The van der Waals surface area contributed by atoms with Crippen LogP contribution in [-0.4, -0.2) is 32.1 Å². The molecule has 0 unspecified atom stereocenters. The Hall–Kier alpha value is -1.89. The van der Waals surface area contributed by atoms with Crippen molar-refractivity contribution in [3.8, 4) is 0 Å². The topological polar surface area (TPSA) is 81.7 Å². The summed E-state index contributed by atoms with van der Waals surface area (Å²) in [6.45, 7) is 6.87. The Morgan fingerprint density at radius 1 is 1.05 bits per heavy atom. The molecule has 0 fully saturated rings. The van der Waals surface area contributed by atoms with Crippen LogP contribution in [0.5, 0.6) is 0 Å². The van der Waals surface area contributed by atoms with Crippen LogP contribution in [0, 0.1) is 12.3 Å². The number of thiophene rings is 1. The molecule has 1 rings (SSSR count). The Bertz CT molecular complexity index is 583. The SMILES string of the molecule is COC(=O)c1sc(NC(=O)C(C)(C)C)c(C(=O)OC)c1C. The van der Waals surface area contributed by atoms with Gasteiger partial charge < -0.3 is 14.8 Å². The summed E-state index contributed by atoms with van der Waals surface area (Å²) in [7, 11) is 2.50. The van der Waals surface area contributed by atoms with E-state index in [0.29, 0.717) is 10.6 Å². The zero-order valence-electron chi connectivity index (χ0n) is 12.9. The van der Waals surface area contributed by atoms with Gasteiger partial charge in [-0.3, -0.25) is 4.79 Å². The first kappa shape index (κ1) is 17.2. The molecule has 21 heavy (non-hydrogen) atoms. The van der Waals surface area contributed by atoms with Gasteiger partial charge in [0.05, 0.1) is 19.8 Å². The molecule has 6 nitrogen and oxygen atoms in total. The predicted molar refractivity (Wildman–Crippen MR) is 79.8 cm³/mol. The summed E-state index contributed by atoms with van der Waals surface area (Å²) >= 11 is 1.000. The second-order valence-electron chi connectivity index (χ2n) is 5.45. The molecule has 1 aromatic rings. The molecular formula is C14H19NO5S. The van der Waals surface area contributed by atoms with Crippen molar-refractivity contribution < 1.29 is 23.9 Å². The molecule has 0 saturated heterocycles. The standard InChI is InChI=1S/C14H19NO5S/c1-7-8(11(16)19-5)10(15-13(18)14(2,3)4)21-9(7)12(17)20-6/h1-6H3,(H,15,18). The first-order valence-electron chi connectivity index (χ1n) is 6.25. The van der Waals surface area contributed by atoms with Crippen LogP contribution in [0.15, 0.2) is 0 Å². The first-order valence-corrected chi connectivity index (χ1v) is 7.06. The fraction of sp³-hybridized carbons (Fsp3) is 0.500. The highest BCUT2D eigenvalue weighted by Gasteiger charge is 2.29. The van der Waals surface area contributed by atoms with E-state index in [1.807, 2.05) is 0 Å². The molecule has 1 N–H and O–H groups in total. The van der Waals surface area contributed by atoms with E-state index < -0.39 is 17.4 Å². The van der Waals surface area contributed by atoms with Crippen molar-refractivity contribution in [1.29, 1.82) is 0 Å². The van der Waals surface area contributed by atoms with Crippen molar-refractivity contribution in [3.05, 3.63) is 16.0 Å². The molecule has 116 valence electrons. The zero-order valence-corrected chi connectivity index (χ0v) is 13.8. The lowest BCUT2D eigenvalue weighted by Crippen LogP contribution is -2.28. The number of methoxy groups -OCH3 is 2. The third-order valence-corrected chi connectivity index (χ3v) is 4.00. The van der Waals surface area contributed by atoms with Crippen molar-refractivity contribution in [2.75, 3.05) is 19.5 Å². The first-order chi connectivity index (χ1) is 9.63. The molecule has 1 amide bonds. The van der Waals surface area contributed by atoms with Gasteiger partial charge in [-0.1, -0.05) is 20.8 Å². The summed E-state index contributed by atoms with van der Waals surface area (Å²) in [6.07, 6.45) is 0. The van der Waals surface area contributed by atoms with Gasteiger partial charge in [-0.2, -0.15) is 0 Å². The third-order valence-electron chi connectivity index (χ3n) is 2.82. The number of carbonyl (C=O) groups is 3. The molecule has 0 spiro atoms. The molecule has 0 atom stereocenters. The summed E-state index contributed by atoms with van der Waals surface area (Å²) in [5, 5.41) is 2.97. The van der Waals surface area contributed by atoms with E-state index in [1.165, 1.54) is 14.2 Å². The number of hydrogen-bond acceptors (Lipinski definition) is 6. The van der Waals surface area contributed by atoms with Gasteiger partial charge in [0.1, 0.15) is 9.88 Å². The largest absolute Gasteiger partial charge is 0.465 e. The van der Waals surface area contributed by atoms with Crippen LogP contribution in [0.25, 0.3) is 0 Å². The lowest BCUT2D eigenvalue weighted by molar-refractivity contribution is -0.123. The minimum Gasteiger partial charge on any atom is -0.465 e. The van der Waals surface area contributed by atoms with Gasteiger partial charge in [-0.25, -0.2) is 9.59 Å². The molecular weight excluding hydrogens is 294 g/mol. The highest BCUT2D eigenvalue weighted by atomic mass is 32.1. The number of esters is 2. The van der Waals surface area contributed by atoms with Crippen molar-refractivity contribution in [2.45, 2.75) is 27.7 Å². The van der Waals surface area contributed by atoms with Crippen molar-refractivity contribution in [2.24, 2.45) is 5.41 Å². The molecule has 0 aliphatic heterocycles. The van der Waals surface area contributed by atoms with Crippen LogP contribution in [0.2, 0.25) is 0 Å². The average molecular weight is 313 g/mol. The number of carbonyl (C=O) groups excluding carboxylic acids is 3. The van der Waals surface area contributed by atoms with Gasteiger partial charge in [0.15, 0.2) is 0 Å². The number of ether oxygens (including phenoxy) is 2. The van der Waals surface area contributed by atoms with Gasteiger partial charge >= 0.3 is 11.9 Å². The fourth-order valence-corrected chi connectivity index (χ4v) is 2.64. The summed E-state index contributed by atoms with van der Waals surface area (Å²) in [5.41, 5.74) is -0.0140. The Morgan fingerprint density at radius 2 is 1.57 bits per heavy atom. The predicted octanol–water partition coefficient (Wildman–Crippen LogP) is 2.61. The normalized spacial score (nSPS) is 11.0. The Labute approximate surface area is 127 Å². The van der Waals surface area contributed by atoms with E-state index in [9.17, 15) is 14.4 Å². The van der Waals surface area contributed by atoms with Gasteiger partial charge in [0, 0.05) is 5.41 Å². The second-order valence-corrected chi connectivity index (χ2v) is 6.47. The Balaban J connectivity index is 3.33. The van der Waals surface area contributed by atoms with Crippen LogP contribution < -0.4 is 5.32 Å². The van der Waals surface area contributed by atoms with Crippen LogP contribution in [-0.2, 0) is 14.3 Å². The maximum atomic E-state index is 12.1.